The molecule has 0 N–H and O–H groups in total. The minimum Gasteiger partial charge on any atom is -0.479 e. The highest BCUT2D eigenvalue weighted by molar-refractivity contribution is 6.30. The van der Waals surface area contributed by atoms with E-state index in [1.807, 2.05) is 13.0 Å². The number of unbranched alkanes of at least 4 members (excludes halogenated alkanes) is 1. The summed E-state index contributed by atoms with van der Waals surface area (Å²) in [5, 5.41) is 0.419. The molecule has 0 fully saturated rings. The lowest BCUT2D eigenvalue weighted by atomic mass is 10.3. The number of hydrogen-bond acceptors (Lipinski definition) is 4. The minimum atomic E-state index is 0.419. The zero-order chi connectivity index (χ0) is 13.8. The number of pyridine rings is 1. The van der Waals surface area contributed by atoms with Crippen molar-refractivity contribution in [2.75, 3.05) is 20.8 Å². The highest BCUT2D eigenvalue weighted by atomic mass is 35.5. The molecular weight excluding hydrogens is 266 g/mol. The van der Waals surface area contributed by atoms with Crippen LogP contribution in [0.2, 0.25) is 5.15 Å². The molecule has 6 heteroatoms. The van der Waals surface area contributed by atoms with Crippen LogP contribution in [0.15, 0.2) is 6.07 Å². The van der Waals surface area contributed by atoms with Gasteiger partial charge in [0.25, 0.3) is 0 Å². The summed E-state index contributed by atoms with van der Waals surface area (Å²) >= 11 is 6.02. The van der Waals surface area contributed by atoms with Gasteiger partial charge in [-0.2, -0.15) is 4.98 Å². The Labute approximate surface area is 117 Å². The zero-order valence-corrected chi connectivity index (χ0v) is 12.2. The van der Waals surface area contributed by atoms with Crippen LogP contribution in [0, 0.1) is 6.92 Å². The van der Waals surface area contributed by atoms with E-state index in [1.54, 1.807) is 14.2 Å². The first-order valence-electron chi connectivity index (χ1n) is 6.23. The van der Waals surface area contributed by atoms with Gasteiger partial charge in [-0.1, -0.05) is 11.6 Å². The molecule has 0 aliphatic heterocycles. The van der Waals surface area contributed by atoms with Crippen molar-refractivity contribution < 1.29 is 9.47 Å². The smallest absolute Gasteiger partial charge is 0.243 e. The summed E-state index contributed by atoms with van der Waals surface area (Å²) in [6.07, 6.45) is 2.05. The van der Waals surface area contributed by atoms with Gasteiger partial charge in [0.2, 0.25) is 5.88 Å². The van der Waals surface area contributed by atoms with Gasteiger partial charge in [0, 0.05) is 26.3 Å². The van der Waals surface area contributed by atoms with Crippen LogP contribution in [0.25, 0.3) is 11.0 Å². The van der Waals surface area contributed by atoms with E-state index >= 15 is 0 Å². The SMILES string of the molecule is COCCCCn1c(C)nc2c(OC)nc(Cl)cc21. The molecule has 0 aliphatic rings. The minimum absolute atomic E-state index is 0.419. The molecule has 0 unspecified atom stereocenters. The molecule has 0 spiro atoms. The second kappa shape index (κ2) is 6.21. The van der Waals surface area contributed by atoms with Gasteiger partial charge in [-0.3, -0.25) is 0 Å². The van der Waals surface area contributed by atoms with Gasteiger partial charge in [-0.05, 0) is 19.8 Å². The molecule has 0 aromatic carbocycles. The molecule has 104 valence electrons. The lowest BCUT2D eigenvalue weighted by molar-refractivity contribution is 0.191. The zero-order valence-electron chi connectivity index (χ0n) is 11.4. The van der Waals surface area contributed by atoms with Crippen molar-refractivity contribution in [2.24, 2.45) is 0 Å². The number of methoxy groups -OCH3 is 2. The van der Waals surface area contributed by atoms with Crippen LogP contribution in [0.3, 0.4) is 0 Å². The Kier molecular flexibility index (Phi) is 4.61. The third-order valence-corrected chi connectivity index (χ3v) is 3.23. The van der Waals surface area contributed by atoms with E-state index in [4.69, 9.17) is 21.1 Å². The van der Waals surface area contributed by atoms with E-state index in [2.05, 4.69) is 14.5 Å². The van der Waals surface area contributed by atoms with Crippen molar-refractivity contribution in [3.8, 4) is 5.88 Å². The molecule has 0 aliphatic carbocycles. The largest absolute Gasteiger partial charge is 0.479 e. The predicted molar refractivity (Wildman–Crippen MR) is 74.9 cm³/mol. The van der Waals surface area contributed by atoms with Crippen LogP contribution in [0.5, 0.6) is 5.88 Å². The summed E-state index contributed by atoms with van der Waals surface area (Å²) in [4.78, 5) is 8.64. The maximum Gasteiger partial charge on any atom is 0.243 e. The van der Waals surface area contributed by atoms with Crippen LogP contribution in [-0.4, -0.2) is 35.4 Å². The Morgan fingerprint density at radius 3 is 2.74 bits per heavy atom. The molecule has 0 bridgehead atoms. The monoisotopic (exact) mass is 283 g/mol. The number of rotatable bonds is 6. The molecule has 2 aromatic rings. The fourth-order valence-corrected chi connectivity index (χ4v) is 2.30. The Bertz CT molecular complexity index is 569. The Morgan fingerprint density at radius 1 is 1.26 bits per heavy atom. The topological polar surface area (TPSA) is 49.2 Å². The van der Waals surface area contributed by atoms with Crippen LogP contribution >= 0.6 is 11.6 Å². The van der Waals surface area contributed by atoms with Gasteiger partial charge in [0.15, 0.2) is 5.52 Å². The third kappa shape index (κ3) is 2.98. The number of fused-ring (bicyclic) bond motifs is 1. The summed E-state index contributed by atoms with van der Waals surface area (Å²) in [5.41, 5.74) is 1.72. The molecule has 2 aromatic heterocycles. The quantitative estimate of drug-likeness (QED) is 0.604. The summed E-state index contributed by atoms with van der Waals surface area (Å²) in [6.45, 7) is 3.64. The van der Waals surface area contributed by atoms with E-state index in [0.29, 0.717) is 11.0 Å². The number of imidazole rings is 1. The van der Waals surface area contributed by atoms with Crippen LogP contribution < -0.4 is 4.74 Å². The number of halogens is 1. The van der Waals surface area contributed by atoms with E-state index in [0.717, 1.165) is 42.9 Å². The highest BCUT2D eigenvalue weighted by Gasteiger charge is 2.14. The van der Waals surface area contributed by atoms with Gasteiger partial charge in [0.05, 0.1) is 12.6 Å². The first-order valence-corrected chi connectivity index (χ1v) is 6.61. The highest BCUT2D eigenvalue weighted by Crippen LogP contribution is 2.27. The van der Waals surface area contributed by atoms with Crippen molar-refractivity contribution in [3.05, 3.63) is 17.0 Å². The number of aryl methyl sites for hydroxylation is 2. The molecule has 2 heterocycles. The molecule has 2 rings (SSSR count). The molecule has 0 saturated carbocycles. The number of aromatic nitrogens is 3. The van der Waals surface area contributed by atoms with Crippen LogP contribution in [-0.2, 0) is 11.3 Å². The van der Waals surface area contributed by atoms with Crippen LogP contribution in [0.1, 0.15) is 18.7 Å². The predicted octanol–water partition coefficient (Wildman–Crippen LogP) is 2.83. The molecule has 0 atom stereocenters. The second-order valence-corrected chi connectivity index (χ2v) is 4.72. The van der Waals surface area contributed by atoms with Gasteiger partial charge < -0.3 is 14.0 Å². The van der Waals surface area contributed by atoms with Crippen molar-refractivity contribution in [1.82, 2.24) is 14.5 Å². The molecule has 0 radical (unpaired) electrons. The Balaban J connectivity index is 2.32. The number of nitrogens with zero attached hydrogens (tertiary/aromatic N) is 3. The van der Waals surface area contributed by atoms with E-state index in [1.165, 1.54) is 0 Å². The molecule has 19 heavy (non-hydrogen) atoms. The van der Waals surface area contributed by atoms with Crippen molar-refractivity contribution in [3.63, 3.8) is 0 Å². The van der Waals surface area contributed by atoms with Gasteiger partial charge in [-0.25, -0.2) is 4.98 Å². The summed E-state index contributed by atoms with van der Waals surface area (Å²) in [7, 11) is 3.29. The lowest BCUT2D eigenvalue weighted by Gasteiger charge is -2.07. The first-order chi connectivity index (χ1) is 9.17. The first kappa shape index (κ1) is 14.1. The Hall–Kier alpha value is -1.33. The van der Waals surface area contributed by atoms with Crippen LogP contribution in [0.4, 0.5) is 0 Å². The van der Waals surface area contributed by atoms with E-state index in [-0.39, 0.29) is 0 Å². The molecule has 5 nitrogen and oxygen atoms in total. The second-order valence-electron chi connectivity index (χ2n) is 4.33. The standard InChI is InChI=1S/C13H18ClN3O2/c1-9-15-12-10(8-11(14)16-13(12)19-3)17(9)6-4-5-7-18-2/h8H,4-7H2,1-3H3. The van der Waals surface area contributed by atoms with Gasteiger partial charge >= 0.3 is 0 Å². The molecular formula is C13H18ClN3O2. The fraction of sp³-hybridized carbons (Fsp3) is 0.538. The van der Waals surface area contributed by atoms with Gasteiger partial charge in [-0.15, -0.1) is 0 Å². The summed E-state index contributed by atoms with van der Waals surface area (Å²) in [5.74, 6) is 1.41. The number of hydrogen-bond donors (Lipinski definition) is 0. The number of ether oxygens (including phenoxy) is 2. The summed E-state index contributed by atoms with van der Waals surface area (Å²) in [6, 6.07) is 1.83. The van der Waals surface area contributed by atoms with E-state index in [9.17, 15) is 0 Å². The third-order valence-electron chi connectivity index (χ3n) is 3.04. The fourth-order valence-electron chi connectivity index (χ4n) is 2.12. The maximum atomic E-state index is 6.02. The average molecular weight is 284 g/mol. The normalized spacial score (nSPS) is 11.2. The molecule has 0 amide bonds. The maximum absolute atomic E-state index is 6.02. The average Bonchev–Trinajstić information content (AvgIpc) is 2.70. The van der Waals surface area contributed by atoms with Crippen molar-refractivity contribution in [1.29, 1.82) is 0 Å². The van der Waals surface area contributed by atoms with Crippen molar-refractivity contribution >= 4 is 22.6 Å². The lowest BCUT2D eigenvalue weighted by Crippen LogP contribution is -2.02. The van der Waals surface area contributed by atoms with Crippen molar-refractivity contribution in [2.45, 2.75) is 26.3 Å². The molecule has 0 saturated heterocycles. The Morgan fingerprint density at radius 2 is 2.05 bits per heavy atom. The van der Waals surface area contributed by atoms with E-state index < -0.39 is 0 Å². The summed E-state index contributed by atoms with van der Waals surface area (Å²) < 4.78 is 12.4. The van der Waals surface area contributed by atoms with Gasteiger partial charge in [0.1, 0.15) is 11.0 Å².